The molecule has 1 atom stereocenters. The van der Waals surface area contributed by atoms with Gasteiger partial charge in [-0.1, -0.05) is 0 Å². The fourth-order valence-electron chi connectivity index (χ4n) is 2.06. The molecule has 0 spiro atoms. The van der Waals surface area contributed by atoms with Crippen molar-refractivity contribution in [2.45, 2.75) is 25.4 Å². The quantitative estimate of drug-likeness (QED) is 0.635. The standard InChI is InChI=1S/C10H12O2/c1-2-7(1)9-5-11-6-10-8(9)3-4-12-10/h3-4,7,9H,1-2,5-6H2. The Morgan fingerprint density at radius 1 is 1.33 bits per heavy atom. The van der Waals surface area contributed by atoms with Gasteiger partial charge in [0.05, 0.1) is 12.9 Å². The second kappa shape index (κ2) is 2.36. The smallest absolute Gasteiger partial charge is 0.132 e. The SMILES string of the molecule is c1cc2c(o1)COCC2C1CC1. The minimum atomic E-state index is 0.632. The van der Waals surface area contributed by atoms with E-state index in [0.29, 0.717) is 12.5 Å². The molecule has 0 aromatic carbocycles. The van der Waals surface area contributed by atoms with E-state index in [4.69, 9.17) is 9.15 Å². The number of ether oxygens (including phenoxy) is 1. The zero-order valence-electron chi connectivity index (χ0n) is 6.95. The third-order valence-corrected chi connectivity index (χ3v) is 2.90. The van der Waals surface area contributed by atoms with Crippen LogP contribution in [0.5, 0.6) is 0 Å². The maximum Gasteiger partial charge on any atom is 0.132 e. The summed E-state index contributed by atoms with van der Waals surface area (Å²) >= 11 is 0. The number of furan rings is 1. The van der Waals surface area contributed by atoms with Crippen molar-refractivity contribution in [1.82, 2.24) is 0 Å². The van der Waals surface area contributed by atoms with Gasteiger partial charge < -0.3 is 9.15 Å². The summed E-state index contributed by atoms with van der Waals surface area (Å²) in [5.74, 6) is 2.56. The molecule has 1 aromatic rings. The molecule has 1 aliphatic heterocycles. The first-order valence-corrected chi connectivity index (χ1v) is 4.59. The summed E-state index contributed by atoms with van der Waals surface area (Å²) < 4.78 is 10.8. The Bertz CT molecular complexity index is 286. The van der Waals surface area contributed by atoms with Crippen LogP contribution >= 0.6 is 0 Å². The third-order valence-electron chi connectivity index (χ3n) is 2.90. The minimum absolute atomic E-state index is 0.632. The van der Waals surface area contributed by atoms with Crippen LogP contribution in [-0.4, -0.2) is 6.61 Å². The van der Waals surface area contributed by atoms with Crippen LogP contribution in [0.3, 0.4) is 0 Å². The van der Waals surface area contributed by atoms with Crippen LogP contribution < -0.4 is 0 Å². The first-order chi connectivity index (χ1) is 5.95. The highest BCUT2D eigenvalue weighted by molar-refractivity contribution is 5.25. The van der Waals surface area contributed by atoms with Gasteiger partial charge in [-0.25, -0.2) is 0 Å². The molecule has 0 N–H and O–H groups in total. The highest BCUT2D eigenvalue weighted by Crippen LogP contribution is 2.45. The Kier molecular flexibility index (Phi) is 1.32. The highest BCUT2D eigenvalue weighted by Gasteiger charge is 2.36. The van der Waals surface area contributed by atoms with Crippen molar-refractivity contribution in [3.8, 4) is 0 Å². The van der Waals surface area contributed by atoms with E-state index in [0.717, 1.165) is 18.3 Å². The molecule has 12 heavy (non-hydrogen) atoms. The fraction of sp³-hybridized carbons (Fsp3) is 0.600. The Labute approximate surface area is 71.5 Å². The lowest BCUT2D eigenvalue weighted by atomic mass is 9.94. The van der Waals surface area contributed by atoms with Crippen LogP contribution in [0.2, 0.25) is 0 Å². The molecule has 1 unspecified atom stereocenters. The number of hydrogen-bond acceptors (Lipinski definition) is 2. The van der Waals surface area contributed by atoms with Crippen molar-refractivity contribution in [2.24, 2.45) is 5.92 Å². The van der Waals surface area contributed by atoms with Gasteiger partial charge in [0.25, 0.3) is 0 Å². The second-order valence-electron chi connectivity index (χ2n) is 3.76. The van der Waals surface area contributed by atoms with Gasteiger partial charge in [0.2, 0.25) is 0 Å². The van der Waals surface area contributed by atoms with E-state index >= 15 is 0 Å². The predicted molar refractivity (Wildman–Crippen MR) is 43.8 cm³/mol. The molecular formula is C10H12O2. The van der Waals surface area contributed by atoms with Crippen molar-refractivity contribution < 1.29 is 9.15 Å². The average molecular weight is 164 g/mol. The lowest BCUT2D eigenvalue weighted by Crippen LogP contribution is -2.16. The number of hydrogen-bond donors (Lipinski definition) is 0. The zero-order valence-corrected chi connectivity index (χ0v) is 6.95. The van der Waals surface area contributed by atoms with E-state index in [9.17, 15) is 0 Å². The molecule has 64 valence electrons. The minimum Gasteiger partial charge on any atom is -0.467 e. The van der Waals surface area contributed by atoms with Gasteiger partial charge in [-0.3, -0.25) is 0 Å². The average Bonchev–Trinajstić information content (AvgIpc) is 2.82. The van der Waals surface area contributed by atoms with Crippen LogP contribution in [-0.2, 0) is 11.3 Å². The zero-order chi connectivity index (χ0) is 7.97. The molecule has 0 bridgehead atoms. The van der Waals surface area contributed by atoms with E-state index in [1.165, 1.54) is 18.4 Å². The van der Waals surface area contributed by atoms with Gasteiger partial charge in [-0.05, 0) is 24.8 Å². The molecule has 1 aromatic heterocycles. The van der Waals surface area contributed by atoms with Gasteiger partial charge in [0.1, 0.15) is 12.4 Å². The van der Waals surface area contributed by atoms with Crippen LogP contribution in [0.4, 0.5) is 0 Å². The molecule has 0 saturated heterocycles. The normalized spacial score (nSPS) is 28.5. The fourth-order valence-corrected chi connectivity index (χ4v) is 2.06. The van der Waals surface area contributed by atoms with Crippen LogP contribution in [0.1, 0.15) is 30.1 Å². The van der Waals surface area contributed by atoms with E-state index < -0.39 is 0 Å². The molecule has 1 fully saturated rings. The summed E-state index contributed by atoms with van der Waals surface area (Å²) in [6.07, 6.45) is 4.53. The van der Waals surface area contributed by atoms with Crippen molar-refractivity contribution in [3.63, 3.8) is 0 Å². The molecule has 3 rings (SSSR count). The van der Waals surface area contributed by atoms with Crippen molar-refractivity contribution in [2.75, 3.05) is 6.61 Å². The first kappa shape index (κ1) is 6.72. The molecule has 2 aliphatic rings. The largest absolute Gasteiger partial charge is 0.467 e. The van der Waals surface area contributed by atoms with Crippen LogP contribution in [0.15, 0.2) is 16.7 Å². The molecule has 1 aliphatic carbocycles. The van der Waals surface area contributed by atoms with E-state index in [-0.39, 0.29) is 0 Å². The maximum absolute atomic E-state index is 5.47. The lowest BCUT2D eigenvalue weighted by molar-refractivity contribution is 0.0708. The van der Waals surface area contributed by atoms with E-state index in [1.807, 2.05) is 0 Å². The summed E-state index contributed by atoms with van der Waals surface area (Å²) in [7, 11) is 0. The molecule has 0 amide bonds. The second-order valence-corrected chi connectivity index (χ2v) is 3.76. The van der Waals surface area contributed by atoms with Crippen LogP contribution in [0, 0.1) is 5.92 Å². The monoisotopic (exact) mass is 164 g/mol. The van der Waals surface area contributed by atoms with Crippen molar-refractivity contribution >= 4 is 0 Å². The predicted octanol–water partition coefficient (Wildman–Crippen LogP) is 2.30. The molecule has 1 saturated carbocycles. The Balaban J connectivity index is 1.97. The number of rotatable bonds is 1. The molecule has 0 radical (unpaired) electrons. The summed E-state index contributed by atoms with van der Waals surface area (Å²) in [5, 5.41) is 0. The summed E-state index contributed by atoms with van der Waals surface area (Å²) in [6.45, 7) is 1.57. The Hall–Kier alpha value is -0.760. The molecule has 2 heterocycles. The van der Waals surface area contributed by atoms with Crippen molar-refractivity contribution in [3.05, 3.63) is 23.7 Å². The first-order valence-electron chi connectivity index (χ1n) is 4.59. The lowest BCUT2D eigenvalue weighted by Gasteiger charge is -2.21. The van der Waals surface area contributed by atoms with Gasteiger partial charge in [-0.15, -0.1) is 0 Å². The Morgan fingerprint density at radius 2 is 2.25 bits per heavy atom. The summed E-state index contributed by atoms with van der Waals surface area (Å²) in [5.41, 5.74) is 1.41. The van der Waals surface area contributed by atoms with Crippen LogP contribution in [0.25, 0.3) is 0 Å². The molecule has 2 nitrogen and oxygen atoms in total. The van der Waals surface area contributed by atoms with Gasteiger partial charge in [-0.2, -0.15) is 0 Å². The van der Waals surface area contributed by atoms with Gasteiger partial charge in [0.15, 0.2) is 0 Å². The maximum atomic E-state index is 5.47. The summed E-state index contributed by atoms with van der Waals surface area (Å²) in [4.78, 5) is 0. The van der Waals surface area contributed by atoms with E-state index in [2.05, 4.69) is 6.07 Å². The number of fused-ring (bicyclic) bond motifs is 1. The topological polar surface area (TPSA) is 22.4 Å². The van der Waals surface area contributed by atoms with E-state index in [1.54, 1.807) is 6.26 Å². The molecule has 2 heteroatoms. The highest BCUT2D eigenvalue weighted by atomic mass is 16.5. The van der Waals surface area contributed by atoms with Gasteiger partial charge in [0, 0.05) is 11.5 Å². The third kappa shape index (κ3) is 0.911. The Morgan fingerprint density at radius 3 is 3.08 bits per heavy atom. The summed E-state index contributed by atoms with van der Waals surface area (Å²) in [6, 6.07) is 2.11. The molecular weight excluding hydrogens is 152 g/mol. The van der Waals surface area contributed by atoms with Crippen molar-refractivity contribution in [1.29, 1.82) is 0 Å². The van der Waals surface area contributed by atoms with Gasteiger partial charge >= 0.3 is 0 Å².